The van der Waals surface area contributed by atoms with Gasteiger partial charge in [-0.2, -0.15) is 5.10 Å². The number of rotatable bonds is 8. The van der Waals surface area contributed by atoms with E-state index in [1.54, 1.807) is 42.5 Å². The van der Waals surface area contributed by atoms with Crippen LogP contribution >= 0.6 is 0 Å². The predicted molar refractivity (Wildman–Crippen MR) is 126 cm³/mol. The number of nitrogens with zero attached hydrogens (tertiary/aromatic N) is 6. The lowest BCUT2D eigenvalue weighted by Gasteiger charge is -2.25. The van der Waals surface area contributed by atoms with Gasteiger partial charge < -0.3 is 14.4 Å². The maximum absolute atomic E-state index is 15.3. The second-order valence-corrected chi connectivity index (χ2v) is 9.87. The van der Waals surface area contributed by atoms with Crippen LogP contribution in [0.2, 0.25) is 0 Å². The van der Waals surface area contributed by atoms with E-state index in [4.69, 9.17) is 9.47 Å². The van der Waals surface area contributed by atoms with Gasteiger partial charge in [-0.25, -0.2) is 22.8 Å². The molecule has 0 aliphatic rings. The third-order valence-electron chi connectivity index (χ3n) is 5.09. The van der Waals surface area contributed by atoms with Gasteiger partial charge in [0, 0.05) is 43.7 Å². The van der Waals surface area contributed by atoms with Gasteiger partial charge in [-0.1, -0.05) is 0 Å². The van der Waals surface area contributed by atoms with Crippen molar-refractivity contribution in [3.8, 4) is 22.8 Å². The minimum absolute atomic E-state index is 0.0434. The van der Waals surface area contributed by atoms with Crippen LogP contribution in [0.15, 0.2) is 42.9 Å². The second-order valence-electron chi connectivity index (χ2n) is 7.61. The summed E-state index contributed by atoms with van der Waals surface area (Å²) in [5.41, 5.74) is 2.24. The van der Waals surface area contributed by atoms with E-state index in [1.807, 2.05) is 0 Å². The first-order valence-electron chi connectivity index (χ1n) is 10.2. The number of fused-ring (bicyclic) bond motifs is 1. The van der Waals surface area contributed by atoms with Crippen molar-refractivity contribution in [3.63, 3.8) is 0 Å². The Morgan fingerprint density at radius 3 is 2.56 bits per heavy atom. The molecule has 34 heavy (non-hydrogen) atoms. The van der Waals surface area contributed by atoms with Crippen LogP contribution in [0.25, 0.3) is 22.4 Å². The first-order chi connectivity index (χ1) is 16.2. The van der Waals surface area contributed by atoms with Gasteiger partial charge in [-0.3, -0.25) is 9.67 Å². The maximum atomic E-state index is 15.3. The molecule has 178 valence electrons. The van der Waals surface area contributed by atoms with Crippen LogP contribution in [0, 0.1) is 5.82 Å². The van der Waals surface area contributed by atoms with Gasteiger partial charge in [0.1, 0.15) is 26.9 Å². The highest BCUT2D eigenvalue weighted by Gasteiger charge is 2.22. The highest BCUT2D eigenvalue weighted by atomic mass is 32.2. The molecule has 0 saturated carbocycles. The molecule has 12 heteroatoms. The van der Waals surface area contributed by atoms with Gasteiger partial charge in [-0.15, -0.1) is 0 Å². The highest BCUT2D eigenvalue weighted by Crippen LogP contribution is 2.36. The Labute approximate surface area is 195 Å². The summed E-state index contributed by atoms with van der Waals surface area (Å²) in [6.45, 7) is -0.0553. The van der Waals surface area contributed by atoms with Crippen molar-refractivity contribution in [1.82, 2.24) is 24.7 Å². The molecule has 0 aliphatic heterocycles. The molecular formula is C22H23FN6O4S. The van der Waals surface area contributed by atoms with Crippen molar-refractivity contribution in [3.05, 3.63) is 48.7 Å². The molecule has 0 fully saturated rings. The van der Waals surface area contributed by atoms with Gasteiger partial charge in [0.05, 0.1) is 43.7 Å². The van der Waals surface area contributed by atoms with Crippen molar-refractivity contribution in [2.75, 3.05) is 37.7 Å². The van der Waals surface area contributed by atoms with Gasteiger partial charge in [0.25, 0.3) is 0 Å². The molecular weight excluding hydrogens is 463 g/mol. The van der Waals surface area contributed by atoms with Crippen LogP contribution in [0.3, 0.4) is 0 Å². The molecule has 0 amide bonds. The van der Waals surface area contributed by atoms with Crippen LogP contribution in [0.5, 0.6) is 11.5 Å². The van der Waals surface area contributed by atoms with Crippen LogP contribution in [0.4, 0.5) is 15.9 Å². The zero-order chi connectivity index (χ0) is 24.5. The molecule has 0 unspecified atom stereocenters. The summed E-state index contributed by atoms with van der Waals surface area (Å²) in [6.07, 6.45) is 6.20. The third kappa shape index (κ3) is 4.91. The minimum atomic E-state index is -3.35. The van der Waals surface area contributed by atoms with E-state index in [0.29, 0.717) is 28.4 Å². The van der Waals surface area contributed by atoms with E-state index in [-0.39, 0.29) is 23.7 Å². The van der Waals surface area contributed by atoms with E-state index in [1.165, 1.54) is 31.3 Å². The number of anilines is 2. The summed E-state index contributed by atoms with van der Waals surface area (Å²) < 4.78 is 51.2. The fraction of sp³-hybridized carbons (Fsp3) is 0.273. The zero-order valence-electron chi connectivity index (χ0n) is 19.1. The number of hydrogen-bond donors (Lipinski definition) is 0. The molecule has 0 atom stereocenters. The van der Waals surface area contributed by atoms with Gasteiger partial charge >= 0.3 is 0 Å². The molecule has 0 N–H and O–H groups in total. The number of hydrogen-bond acceptors (Lipinski definition) is 9. The van der Waals surface area contributed by atoms with Crippen LogP contribution in [-0.4, -0.2) is 65.9 Å². The summed E-state index contributed by atoms with van der Waals surface area (Å²) in [7, 11) is 1.23. The van der Waals surface area contributed by atoms with Crippen molar-refractivity contribution in [2.24, 2.45) is 7.05 Å². The lowest BCUT2D eigenvalue weighted by atomic mass is 10.2. The molecule has 4 aromatic rings. The molecule has 1 aromatic carbocycles. The number of aryl methyl sites for hydroxylation is 1. The van der Waals surface area contributed by atoms with Gasteiger partial charge in [-0.05, 0) is 12.1 Å². The summed E-state index contributed by atoms with van der Waals surface area (Å²) >= 11 is 0. The number of methoxy groups -OCH3 is 2. The molecule has 3 heterocycles. The molecule has 4 rings (SSSR count). The van der Waals surface area contributed by atoms with Crippen molar-refractivity contribution in [2.45, 2.75) is 0 Å². The number of sulfone groups is 1. The topological polar surface area (TPSA) is 112 Å². The number of halogens is 1. The molecule has 0 aliphatic carbocycles. The maximum Gasteiger partial charge on any atom is 0.188 e. The van der Waals surface area contributed by atoms with E-state index >= 15 is 4.39 Å². The van der Waals surface area contributed by atoms with Crippen molar-refractivity contribution < 1.29 is 22.3 Å². The fourth-order valence-corrected chi connectivity index (χ4v) is 3.88. The quantitative estimate of drug-likeness (QED) is 0.371. The Morgan fingerprint density at radius 1 is 1.12 bits per heavy atom. The molecule has 10 nitrogen and oxygen atoms in total. The Morgan fingerprint density at radius 2 is 1.91 bits per heavy atom. The highest BCUT2D eigenvalue weighted by molar-refractivity contribution is 7.90. The number of ether oxygens (including phenoxy) is 2. The first-order valence-corrected chi connectivity index (χ1v) is 12.2. The van der Waals surface area contributed by atoms with Gasteiger partial charge in [0.15, 0.2) is 17.2 Å². The van der Waals surface area contributed by atoms with Crippen LogP contribution < -0.4 is 14.4 Å². The number of aromatic nitrogens is 5. The Bertz CT molecular complexity index is 1460. The van der Waals surface area contributed by atoms with Crippen molar-refractivity contribution in [1.29, 1.82) is 0 Å². The van der Waals surface area contributed by atoms with E-state index < -0.39 is 15.7 Å². The molecule has 3 aromatic heterocycles. The lowest BCUT2D eigenvalue weighted by Crippen LogP contribution is -2.26. The molecule has 0 bridgehead atoms. The summed E-state index contributed by atoms with van der Waals surface area (Å²) in [5, 5.41) is 4.15. The van der Waals surface area contributed by atoms with Crippen LogP contribution in [0.1, 0.15) is 0 Å². The average Bonchev–Trinajstić information content (AvgIpc) is 3.25. The standard InChI is InChI=1S/C22H23FN6O4S/c1-28-13-14(11-25-28)17-12-24-16-5-6-20(27-22(16)26-17)29(7-8-34(4,30)31)18-9-15(32-2)10-19(33-3)21(18)23/h5-6,9-13H,7-8H2,1-4H3. The fourth-order valence-electron chi connectivity index (χ4n) is 3.37. The lowest BCUT2D eigenvalue weighted by molar-refractivity contribution is 0.374. The summed E-state index contributed by atoms with van der Waals surface area (Å²) in [6, 6.07) is 6.20. The molecule has 0 spiro atoms. The Kier molecular flexibility index (Phi) is 6.33. The molecule has 0 saturated heterocycles. The normalized spacial score (nSPS) is 11.6. The van der Waals surface area contributed by atoms with Crippen LogP contribution in [-0.2, 0) is 16.9 Å². The Balaban J connectivity index is 1.85. The van der Waals surface area contributed by atoms with E-state index in [9.17, 15) is 8.42 Å². The SMILES string of the molecule is COc1cc(OC)c(F)c(N(CCS(C)(=O)=O)c2ccc3ncc(-c4cnn(C)c4)nc3n2)c1. The second kappa shape index (κ2) is 9.21. The number of pyridine rings is 1. The summed E-state index contributed by atoms with van der Waals surface area (Å²) in [4.78, 5) is 15.0. The monoisotopic (exact) mass is 486 g/mol. The summed E-state index contributed by atoms with van der Waals surface area (Å²) in [5.74, 6) is -0.306. The van der Waals surface area contributed by atoms with Gasteiger partial charge in [0.2, 0.25) is 0 Å². The zero-order valence-corrected chi connectivity index (χ0v) is 19.9. The van der Waals surface area contributed by atoms with E-state index in [0.717, 1.165) is 11.8 Å². The number of benzene rings is 1. The van der Waals surface area contributed by atoms with E-state index in [2.05, 4.69) is 20.1 Å². The predicted octanol–water partition coefficient (Wildman–Crippen LogP) is 2.76. The minimum Gasteiger partial charge on any atom is -0.497 e. The largest absolute Gasteiger partial charge is 0.497 e. The average molecular weight is 487 g/mol. The Hall–Kier alpha value is -3.80. The smallest absolute Gasteiger partial charge is 0.188 e. The first kappa shape index (κ1) is 23.4. The van der Waals surface area contributed by atoms with Crippen molar-refractivity contribution >= 4 is 32.5 Å². The third-order valence-corrected chi connectivity index (χ3v) is 6.02. The molecule has 0 radical (unpaired) electrons.